The third-order valence-corrected chi connectivity index (χ3v) is 6.79. The maximum Gasteiger partial charge on any atom is 0.328 e. The Morgan fingerprint density at radius 3 is 2.55 bits per heavy atom. The smallest absolute Gasteiger partial charge is 0.328 e. The molecule has 3 heterocycles. The van der Waals surface area contributed by atoms with E-state index in [1.54, 1.807) is 27.9 Å². The summed E-state index contributed by atoms with van der Waals surface area (Å²) in [5, 5.41) is 12.8. The zero-order chi connectivity index (χ0) is 24.2. The van der Waals surface area contributed by atoms with E-state index in [1.165, 1.54) is 11.8 Å². The van der Waals surface area contributed by atoms with Gasteiger partial charge in [-0.1, -0.05) is 13.8 Å². The first-order chi connectivity index (χ1) is 15.5. The topological polar surface area (TPSA) is 132 Å². The summed E-state index contributed by atoms with van der Waals surface area (Å²) >= 11 is 0. The number of H-pyrrole nitrogens is 1. The first kappa shape index (κ1) is 22.6. The molecule has 4 rings (SSSR count). The molecule has 2 aliphatic heterocycles. The molecule has 1 fully saturated rings. The van der Waals surface area contributed by atoms with Crippen LogP contribution >= 0.6 is 0 Å². The normalized spacial score (nSPS) is 21.8. The number of rotatable bonds is 6. The van der Waals surface area contributed by atoms with Gasteiger partial charge in [-0.2, -0.15) is 0 Å². The van der Waals surface area contributed by atoms with Gasteiger partial charge in [-0.25, -0.2) is 14.5 Å². The van der Waals surface area contributed by atoms with Gasteiger partial charge >= 0.3 is 12.0 Å². The predicted octanol–water partition coefficient (Wildman–Crippen LogP) is 1.83. The number of carbonyl (C=O) groups excluding carboxylic acids is 3. The maximum atomic E-state index is 13.7. The highest BCUT2D eigenvalue weighted by molar-refractivity contribution is 6.11. The van der Waals surface area contributed by atoms with Gasteiger partial charge in [-0.05, 0) is 49.9 Å². The second-order valence-electron chi connectivity index (χ2n) is 9.07. The quantitative estimate of drug-likeness (QED) is 0.568. The van der Waals surface area contributed by atoms with E-state index in [4.69, 9.17) is 4.74 Å². The molecule has 33 heavy (non-hydrogen) atoms. The number of aromatic nitrogens is 1. The summed E-state index contributed by atoms with van der Waals surface area (Å²) in [5.74, 6) is -2.06. The highest BCUT2D eigenvalue weighted by Gasteiger charge is 2.60. The van der Waals surface area contributed by atoms with E-state index in [1.807, 2.05) is 18.2 Å². The molecule has 0 aliphatic carbocycles. The van der Waals surface area contributed by atoms with Crippen molar-refractivity contribution >= 4 is 34.7 Å². The molecule has 10 heteroatoms. The van der Waals surface area contributed by atoms with Crippen molar-refractivity contribution in [3.05, 3.63) is 29.5 Å². The molecule has 1 aromatic carbocycles. The minimum Gasteiger partial charge on any atom is -0.497 e. The number of imide groups is 1. The molecule has 176 valence electrons. The van der Waals surface area contributed by atoms with Gasteiger partial charge in [0, 0.05) is 17.4 Å². The van der Waals surface area contributed by atoms with Crippen LogP contribution in [0.15, 0.2) is 18.2 Å². The molecular formula is C23H28N4O6. The summed E-state index contributed by atoms with van der Waals surface area (Å²) in [4.78, 5) is 57.0. The third kappa shape index (κ3) is 3.23. The van der Waals surface area contributed by atoms with Crippen LogP contribution in [0.5, 0.6) is 5.75 Å². The zero-order valence-electron chi connectivity index (χ0n) is 19.3. The Kier molecular flexibility index (Phi) is 5.34. The number of nitrogens with zero attached hydrogens (tertiary/aromatic N) is 2. The van der Waals surface area contributed by atoms with Crippen LogP contribution in [0.4, 0.5) is 4.79 Å². The van der Waals surface area contributed by atoms with E-state index in [0.29, 0.717) is 24.4 Å². The highest BCUT2D eigenvalue weighted by Crippen LogP contribution is 2.45. The summed E-state index contributed by atoms with van der Waals surface area (Å²) in [5.41, 5.74) is 1.09. The number of carboxylic acid groups (broad SMARTS) is 1. The van der Waals surface area contributed by atoms with Crippen molar-refractivity contribution < 1.29 is 29.0 Å². The molecular weight excluding hydrogens is 428 g/mol. The van der Waals surface area contributed by atoms with Crippen LogP contribution in [0.1, 0.15) is 39.0 Å². The minimum atomic E-state index is -1.30. The molecule has 3 unspecified atom stereocenters. The highest BCUT2D eigenvalue weighted by atomic mass is 16.5. The minimum absolute atomic E-state index is 0.312. The SMILES string of the molecule is COc1ccc2[nH]c3c(c2c1)CCN1C(=O)N(C(C)C(=O)NC(C(=O)O)C(C)C)C(=O)C31C. The number of hydrogen-bond donors (Lipinski definition) is 3. The van der Waals surface area contributed by atoms with Crippen LogP contribution < -0.4 is 10.1 Å². The number of carboxylic acids is 1. The van der Waals surface area contributed by atoms with Crippen molar-refractivity contribution in [2.75, 3.05) is 13.7 Å². The number of hydrogen-bond acceptors (Lipinski definition) is 5. The largest absolute Gasteiger partial charge is 0.497 e. The summed E-state index contributed by atoms with van der Waals surface area (Å²) < 4.78 is 5.33. The fourth-order valence-electron chi connectivity index (χ4n) is 4.82. The predicted molar refractivity (Wildman–Crippen MR) is 119 cm³/mol. The number of benzene rings is 1. The fourth-order valence-corrected chi connectivity index (χ4v) is 4.82. The molecule has 0 radical (unpaired) electrons. The number of carbonyl (C=O) groups is 4. The molecule has 2 aliphatic rings. The molecule has 4 amide bonds. The second-order valence-corrected chi connectivity index (χ2v) is 9.07. The van der Waals surface area contributed by atoms with Gasteiger partial charge in [0.15, 0.2) is 5.54 Å². The number of aliphatic carboxylic acids is 1. The van der Waals surface area contributed by atoms with Crippen LogP contribution in [0, 0.1) is 5.92 Å². The standard InChI is InChI=1S/C23H28N4O6/c1-11(2)17(20(29)30)25-19(28)12(3)27-21(31)23(4)18-14(8-9-26(23)22(27)32)15-10-13(33-5)6-7-16(15)24-18/h6-7,10-12,17,24H,8-9H2,1-5H3,(H,25,28)(H,29,30). The van der Waals surface area contributed by atoms with E-state index in [9.17, 15) is 24.3 Å². The molecule has 0 saturated carbocycles. The van der Waals surface area contributed by atoms with E-state index in [2.05, 4.69) is 10.3 Å². The Morgan fingerprint density at radius 2 is 1.94 bits per heavy atom. The van der Waals surface area contributed by atoms with E-state index in [-0.39, 0.29) is 5.92 Å². The summed E-state index contributed by atoms with van der Waals surface area (Å²) in [6.07, 6.45) is 0.542. The van der Waals surface area contributed by atoms with Crippen molar-refractivity contribution in [1.29, 1.82) is 0 Å². The molecule has 0 spiro atoms. The number of urea groups is 1. The van der Waals surface area contributed by atoms with Gasteiger partial charge in [0.2, 0.25) is 5.91 Å². The summed E-state index contributed by atoms with van der Waals surface area (Å²) in [7, 11) is 1.58. The van der Waals surface area contributed by atoms with Crippen LogP contribution in [-0.2, 0) is 26.3 Å². The Balaban J connectivity index is 1.70. The lowest BCUT2D eigenvalue weighted by atomic mass is 9.87. The van der Waals surface area contributed by atoms with E-state index < -0.39 is 41.4 Å². The van der Waals surface area contributed by atoms with Gasteiger partial charge in [0.1, 0.15) is 17.8 Å². The second kappa shape index (κ2) is 7.79. The first-order valence-electron chi connectivity index (χ1n) is 10.9. The van der Waals surface area contributed by atoms with Crippen molar-refractivity contribution in [2.45, 2.75) is 51.7 Å². The third-order valence-electron chi connectivity index (χ3n) is 6.79. The molecule has 2 aromatic rings. The molecule has 10 nitrogen and oxygen atoms in total. The maximum absolute atomic E-state index is 13.7. The van der Waals surface area contributed by atoms with Gasteiger partial charge in [-0.15, -0.1) is 0 Å². The number of nitrogens with one attached hydrogen (secondary N) is 2. The number of ether oxygens (including phenoxy) is 1. The van der Waals surface area contributed by atoms with Crippen molar-refractivity contribution in [1.82, 2.24) is 20.1 Å². The summed E-state index contributed by atoms with van der Waals surface area (Å²) in [6, 6.07) is 2.73. The monoisotopic (exact) mass is 456 g/mol. The molecule has 3 atom stereocenters. The lowest BCUT2D eigenvalue weighted by Crippen LogP contribution is -2.54. The van der Waals surface area contributed by atoms with E-state index in [0.717, 1.165) is 21.4 Å². The van der Waals surface area contributed by atoms with Gasteiger partial charge in [0.05, 0.1) is 12.8 Å². The molecule has 1 saturated heterocycles. The van der Waals surface area contributed by atoms with Crippen molar-refractivity contribution in [3.8, 4) is 5.75 Å². The molecule has 3 N–H and O–H groups in total. The van der Waals surface area contributed by atoms with Crippen LogP contribution in [0.25, 0.3) is 10.9 Å². The van der Waals surface area contributed by atoms with Crippen molar-refractivity contribution in [2.24, 2.45) is 5.92 Å². The lowest BCUT2D eigenvalue weighted by Gasteiger charge is -2.36. The van der Waals surface area contributed by atoms with E-state index >= 15 is 0 Å². The zero-order valence-corrected chi connectivity index (χ0v) is 19.3. The number of fused-ring (bicyclic) bond motifs is 5. The Labute approximate surface area is 190 Å². The molecule has 1 aromatic heterocycles. The molecule has 0 bridgehead atoms. The average Bonchev–Trinajstić information content (AvgIpc) is 3.24. The Bertz CT molecular complexity index is 1170. The fraction of sp³-hybridized carbons (Fsp3) is 0.478. The van der Waals surface area contributed by atoms with Crippen molar-refractivity contribution in [3.63, 3.8) is 0 Å². The number of aromatic amines is 1. The number of amides is 4. The van der Waals surface area contributed by atoms with Gasteiger partial charge in [0.25, 0.3) is 5.91 Å². The Morgan fingerprint density at radius 1 is 1.24 bits per heavy atom. The van der Waals surface area contributed by atoms with Gasteiger partial charge < -0.3 is 25.0 Å². The number of methoxy groups -OCH3 is 1. The summed E-state index contributed by atoms with van der Waals surface area (Å²) in [6.45, 7) is 6.76. The van der Waals surface area contributed by atoms with Crippen LogP contribution in [0.3, 0.4) is 0 Å². The average molecular weight is 456 g/mol. The van der Waals surface area contributed by atoms with Crippen LogP contribution in [-0.4, -0.2) is 69.4 Å². The Hall–Kier alpha value is -3.56. The first-order valence-corrected chi connectivity index (χ1v) is 10.9. The lowest BCUT2D eigenvalue weighted by molar-refractivity contribution is -0.144. The van der Waals surface area contributed by atoms with Gasteiger partial charge in [-0.3, -0.25) is 9.59 Å². The van der Waals surface area contributed by atoms with Crippen LogP contribution in [0.2, 0.25) is 0 Å².